The number of carbonyl (C=O) groups excluding carboxylic acids is 1. The molecule has 1 amide bonds. The van der Waals surface area contributed by atoms with E-state index in [1.165, 1.54) is 0 Å². The Bertz CT molecular complexity index is 404. The van der Waals surface area contributed by atoms with Gasteiger partial charge in [-0.25, -0.2) is 8.42 Å². The second-order valence-electron chi connectivity index (χ2n) is 4.52. The maximum atomic E-state index is 12.2. The summed E-state index contributed by atoms with van der Waals surface area (Å²) in [5, 5.41) is 0. The van der Waals surface area contributed by atoms with Crippen LogP contribution >= 0.6 is 0 Å². The zero-order valence-corrected chi connectivity index (χ0v) is 10.9. The number of hydrogen-bond donors (Lipinski definition) is 1. The van der Waals surface area contributed by atoms with Gasteiger partial charge in [0.1, 0.15) is 6.04 Å². The van der Waals surface area contributed by atoms with Crippen LogP contribution in [0, 0.1) is 0 Å². The van der Waals surface area contributed by atoms with Gasteiger partial charge in [-0.2, -0.15) is 4.31 Å². The van der Waals surface area contributed by atoms with Gasteiger partial charge < -0.3 is 15.2 Å². The molecule has 104 valence electrons. The summed E-state index contributed by atoms with van der Waals surface area (Å²) in [5.41, 5.74) is 5.21. The standard InChI is InChI=1S/C10H18N2O5S/c11-10(13)9-6-16-5-3-12(9)18(14,15)7-8-2-1-4-17-8/h8-9H,1-7H2,(H2,11,13). The zero-order valence-electron chi connectivity index (χ0n) is 10.1. The lowest BCUT2D eigenvalue weighted by Gasteiger charge is -2.33. The van der Waals surface area contributed by atoms with E-state index in [1.807, 2.05) is 0 Å². The number of rotatable bonds is 4. The largest absolute Gasteiger partial charge is 0.378 e. The highest BCUT2D eigenvalue weighted by atomic mass is 32.2. The first-order chi connectivity index (χ1) is 8.50. The summed E-state index contributed by atoms with van der Waals surface area (Å²) in [6, 6.07) is -0.898. The van der Waals surface area contributed by atoms with Crippen LogP contribution in [0.2, 0.25) is 0 Å². The predicted molar refractivity (Wildman–Crippen MR) is 63.3 cm³/mol. The molecule has 0 spiro atoms. The summed E-state index contributed by atoms with van der Waals surface area (Å²) >= 11 is 0. The Balaban J connectivity index is 2.08. The van der Waals surface area contributed by atoms with Crippen molar-refractivity contribution in [2.45, 2.75) is 25.0 Å². The molecule has 2 aliphatic rings. The fraction of sp³-hybridized carbons (Fsp3) is 0.900. The van der Waals surface area contributed by atoms with E-state index in [0.717, 1.165) is 17.1 Å². The fourth-order valence-corrected chi connectivity index (χ4v) is 4.08. The number of nitrogens with zero attached hydrogens (tertiary/aromatic N) is 1. The van der Waals surface area contributed by atoms with Gasteiger partial charge in [0.15, 0.2) is 0 Å². The smallest absolute Gasteiger partial charge is 0.238 e. The van der Waals surface area contributed by atoms with Crippen molar-refractivity contribution in [3.8, 4) is 0 Å². The molecule has 7 nitrogen and oxygen atoms in total. The van der Waals surface area contributed by atoms with Crippen molar-refractivity contribution in [1.82, 2.24) is 4.31 Å². The van der Waals surface area contributed by atoms with Crippen molar-refractivity contribution in [1.29, 1.82) is 0 Å². The van der Waals surface area contributed by atoms with Crippen LogP contribution in [0.15, 0.2) is 0 Å². The van der Waals surface area contributed by atoms with Crippen molar-refractivity contribution in [3.63, 3.8) is 0 Å². The molecule has 0 bridgehead atoms. The molecule has 2 saturated heterocycles. The van der Waals surface area contributed by atoms with Crippen LogP contribution in [0.5, 0.6) is 0 Å². The Morgan fingerprint density at radius 3 is 2.78 bits per heavy atom. The summed E-state index contributed by atoms with van der Waals surface area (Å²) < 4.78 is 36.1. The minimum Gasteiger partial charge on any atom is -0.378 e. The van der Waals surface area contributed by atoms with Crippen molar-refractivity contribution in [2.24, 2.45) is 5.73 Å². The molecule has 0 radical (unpaired) electrons. The van der Waals surface area contributed by atoms with Gasteiger partial charge in [0.25, 0.3) is 0 Å². The summed E-state index contributed by atoms with van der Waals surface area (Å²) in [6.45, 7) is 1.08. The van der Waals surface area contributed by atoms with Crippen LogP contribution in [-0.4, -0.2) is 62.9 Å². The van der Waals surface area contributed by atoms with Gasteiger partial charge in [0.2, 0.25) is 15.9 Å². The number of hydrogen-bond acceptors (Lipinski definition) is 5. The Hall–Kier alpha value is -0.700. The van der Waals surface area contributed by atoms with Crippen LogP contribution < -0.4 is 5.73 Å². The quantitative estimate of drug-likeness (QED) is 0.687. The average molecular weight is 278 g/mol. The third-order valence-corrected chi connectivity index (χ3v) is 5.13. The molecule has 0 aromatic heterocycles. The monoisotopic (exact) mass is 278 g/mol. The molecule has 18 heavy (non-hydrogen) atoms. The molecule has 0 aromatic rings. The lowest BCUT2D eigenvalue weighted by molar-refractivity contribution is -0.125. The Labute approximate surface area is 106 Å². The van der Waals surface area contributed by atoms with Gasteiger partial charge in [0, 0.05) is 13.2 Å². The summed E-state index contributed by atoms with van der Waals surface area (Å²) in [5.74, 6) is -0.762. The Morgan fingerprint density at radius 2 is 2.17 bits per heavy atom. The van der Waals surface area contributed by atoms with E-state index in [1.54, 1.807) is 0 Å². The number of nitrogens with two attached hydrogens (primary N) is 1. The van der Waals surface area contributed by atoms with Crippen molar-refractivity contribution < 1.29 is 22.7 Å². The molecule has 0 aromatic carbocycles. The normalized spacial score (nSPS) is 30.4. The van der Waals surface area contributed by atoms with Crippen LogP contribution in [0.3, 0.4) is 0 Å². The highest BCUT2D eigenvalue weighted by Crippen LogP contribution is 2.19. The van der Waals surface area contributed by atoms with Crippen LogP contribution in [0.1, 0.15) is 12.8 Å². The molecule has 2 N–H and O–H groups in total. The van der Waals surface area contributed by atoms with Gasteiger partial charge >= 0.3 is 0 Å². The topological polar surface area (TPSA) is 98.9 Å². The van der Waals surface area contributed by atoms with Gasteiger partial charge in [-0.05, 0) is 12.8 Å². The molecule has 2 atom stereocenters. The number of amides is 1. The van der Waals surface area contributed by atoms with E-state index >= 15 is 0 Å². The SMILES string of the molecule is NC(=O)C1COCCN1S(=O)(=O)CC1CCCO1. The minimum atomic E-state index is -3.53. The number of ether oxygens (including phenoxy) is 2. The van der Waals surface area contributed by atoms with E-state index in [9.17, 15) is 13.2 Å². The number of primary amides is 1. The molecule has 0 saturated carbocycles. The van der Waals surface area contributed by atoms with Crippen molar-refractivity contribution in [3.05, 3.63) is 0 Å². The van der Waals surface area contributed by atoms with Crippen LogP contribution in [0.4, 0.5) is 0 Å². The lowest BCUT2D eigenvalue weighted by atomic mass is 10.3. The average Bonchev–Trinajstić information content (AvgIpc) is 2.81. The van der Waals surface area contributed by atoms with Crippen LogP contribution in [0.25, 0.3) is 0 Å². The first-order valence-electron chi connectivity index (χ1n) is 5.99. The highest BCUT2D eigenvalue weighted by Gasteiger charge is 2.38. The maximum absolute atomic E-state index is 12.2. The van der Waals surface area contributed by atoms with Gasteiger partial charge in [0.05, 0.1) is 25.1 Å². The van der Waals surface area contributed by atoms with E-state index in [-0.39, 0.29) is 31.6 Å². The molecule has 2 aliphatic heterocycles. The van der Waals surface area contributed by atoms with Gasteiger partial charge in [-0.15, -0.1) is 0 Å². The predicted octanol–water partition coefficient (Wildman–Crippen LogP) is -1.32. The van der Waals surface area contributed by atoms with Crippen LogP contribution in [-0.2, 0) is 24.3 Å². The third kappa shape index (κ3) is 3.00. The molecular formula is C10H18N2O5S. The van der Waals surface area contributed by atoms with Gasteiger partial charge in [-0.1, -0.05) is 0 Å². The second kappa shape index (κ2) is 5.52. The Morgan fingerprint density at radius 1 is 1.39 bits per heavy atom. The molecule has 2 unspecified atom stereocenters. The summed E-state index contributed by atoms with van der Waals surface area (Å²) in [7, 11) is -3.53. The van der Waals surface area contributed by atoms with Crippen molar-refractivity contribution in [2.75, 3.05) is 32.1 Å². The number of carbonyl (C=O) groups is 1. The highest BCUT2D eigenvalue weighted by molar-refractivity contribution is 7.89. The van der Waals surface area contributed by atoms with Crippen molar-refractivity contribution >= 4 is 15.9 Å². The Kier molecular flexibility index (Phi) is 4.21. The maximum Gasteiger partial charge on any atom is 0.238 e. The minimum absolute atomic E-state index is 0.0279. The zero-order chi connectivity index (χ0) is 13.2. The van der Waals surface area contributed by atoms with Gasteiger partial charge in [-0.3, -0.25) is 4.79 Å². The number of sulfonamides is 1. The first kappa shape index (κ1) is 13.7. The second-order valence-corrected chi connectivity index (χ2v) is 6.48. The third-order valence-electron chi connectivity index (χ3n) is 3.19. The summed E-state index contributed by atoms with van der Waals surface area (Å²) in [6.07, 6.45) is 1.35. The molecule has 8 heteroatoms. The molecule has 2 rings (SSSR count). The molecule has 2 heterocycles. The van der Waals surface area contributed by atoms with E-state index in [4.69, 9.17) is 15.2 Å². The molecule has 2 fully saturated rings. The van der Waals surface area contributed by atoms with E-state index < -0.39 is 22.0 Å². The summed E-state index contributed by atoms with van der Waals surface area (Å²) in [4.78, 5) is 11.3. The first-order valence-corrected chi connectivity index (χ1v) is 7.60. The number of morpholine rings is 1. The van der Waals surface area contributed by atoms with E-state index in [0.29, 0.717) is 6.61 Å². The lowest BCUT2D eigenvalue weighted by Crippen LogP contribution is -2.55. The fourth-order valence-electron chi connectivity index (χ4n) is 2.25. The van der Waals surface area contributed by atoms with E-state index in [2.05, 4.69) is 0 Å². The molecule has 0 aliphatic carbocycles. The molecular weight excluding hydrogens is 260 g/mol.